The van der Waals surface area contributed by atoms with Gasteiger partial charge in [0.05, 0.1) is 5.56 Å². The lowest BCUT2D eigenvalue weighted by Crippen LogP contribution is -2.05. The fraction of sp³-hybridized carbons (Fsp3) is 0.350. The normalized spacial score (nSPS) is 11.2. The molecule has 0 atom stereocenters. The van der Waals surface area contributed by atoms with Gasteiger partial charge in [-0.3, -0.25) is 0 Å². The van der Waals surface area contributed by atoms with Crippen molar-refractivity contribution in [2.24, 2.45) is 0 Å². The summed E-state index contributed by atoms with van der Waals surface area (Å²) in [6.07, 6.45) is 2.83. The Morgan fingerprint density at radius 1 is 1.08 bits per heavy atom. The number of pyridine rings is 1. The van der Waals surface area contributed by atoms with E-state index in [0.717, 1.165) is 43.5 Å². The van der Waals surface area contributed by atoms with Crippen LogP contribution in [0.2, 0.25) is 0 Å². The van der Waals surface area contributed by atoms with E-state index in [9.17, 15) is 13.2 Å². The van der Waals surface area contributed by atoms with Crippen molar-refractivity contribution in [1.82, 2.24) is 4.98 Å². The summed E-state index contributed by atoms with van der Waals surface area (Å²) in [5.74, 6) is 0.685. The van der Waals surface area contributed by atoms with Crippen LogP contribution in [0.5, 0.6) is 11.6 Å². The van der Waals surface area contributed by atoms with E-state index in [0.29, 0.717) is 5.75 Å². The molecule has 0 saturated carbocycles. The van der Waals surface area contributed by atoms with Crippen LogP contribution >= 0.6 is 0 Å². The van der Waals surface area contributed by atoms with Crippen molar-refractivity contribution in [1.29, 1.82) is 0 Å². The van der Waals surface area contributed by atoms with Gasteiger partial charge in [-0.05, 0) is 36.6 Å². The van der Waals surface area contributed by atoms with Crippen LogP contribution in [-0.2, 0) is 6.18 Å². The van der Waals surface area contributed by atoms with Crippen molar-refractivity contribution in [3.63, 3.8) is 0 Å². The molecular formula is C20H22F3NO. The molecule has 0 N–H and O–H groups in total. The highest BCUT2D eigenvalue weighted by molar-refractivity contribution is 5.55. The van der Waals surface area contributed by atoms with Crippen LogP contribution in [0.1, 0.15) is 50.7 Å². The Bertz CT molecular complexity index is 698. The summed E-state index contributed by atoms with van der Waals surface area (Å²) in [4.78, 5) is 3.73. The van der Waals surface area contributed by atoms with E-state index in [1.165, 1.54) is 11.6 Å². The number of aromatic nitrogens is 1. The predicted molar refractivity (Wildman–Crippen MR) is 93.5 cm³/mol. The molecule has 1 aromatic carbocycles. The summed E-state index contributed by atoms with van der Waals surface area (Å²) in [6.45, 7) is 4.30. The molecule has 0 amide bonds. The Hall–Kier alpha value is -2.30. The highest BCUT2D eigenvalue weighted by atomic mass is 19.4. The monoisotopic (exact) mass is 349 g/mol. The van der Waals surface area contributed by atoms with Gasteiger partial charge in [-0.15, -0.1) is 0 Å². The van der Waals surface area contributed by atoms with Crippen molar-refractivity contribution in [2.45, 2.75) is 45.7 Å². The number of hydrogen-bond acceptors (Lipinski definition) is 2. The van der Waals surface area contributed by atoms with Crippen LogP contribution in [0.25, 0.3) is 6.08 Å². The molecule has 0 unspecified atom stereocenters. The SMILES string of the molecule is CCCC(=Cc1cccc(Oc2ccc(C(F)(F)F)cn2)c1)CCC. The van der Waals surface area contributed by atoms with Crippen molar-refractivity contribution < 1.29 is 17.9 Å². The summed E-state index contributed by atoms with van der Waals surface area (Å²) in [7, 11) is 0. The summed E-state index contributed by atoms with van der Waals surface area (Å²) >= 11 is 0. The molecule has 134 valence electrons. The smallest absolute Gasteiger partial charge is 0.417 e. The summed E-state index contributed by atoms with van der Waals surface area (Å²) in [6, 6.07) is 9.66. The van der Waals surface area contributed by atoms with E-state index in [-0.39, 0.29) is 5.88 Å². The number of benzene rings is 1. The lowest BCUT2D eigenvalue weighted by molar-refractivity contribution is -0.137. The van der Waals surface area contributed by atoms with Gasteiger partial charge in [0.15, 0.2) is 0 Å². The summed E-state index contributed by atoms with van der Waals surface area (Å²) in [5, 5.41) is 0. The lowest BCUT2D eigenvalue weighted by atomic mass is 10.0. The second kappa shape index (κ2) is 8.70. The Kier molecular flexibility index (Phi) is 6.62. The fourth-order valence-electron chi connectivity index (χ4n) is 2.54. The largest absolute Gasteiger partial charge is 0.439 e. The number of ether oxygens (including phenoxy) is 1. The fourth-order valence-corrected chi connectivity index (χ4v) is 2.54. The minimum atomic E-state index is -4.40. The molecule has 0 saturated heterocycles. The predicted octanol–water partition coefficient (Wildman–Crippen LogP) is 6.88. The van der Waals surface area contributed by atoms with E-state index in [2.05, 4.69) is 24.9 Å². The van der Waals surface area contributed by atoms with Gasteiger partial charge in [-0.25, -0.2) is 4.98 Å². The van der Waals surface area contributed by atoms with Gasteiger partial charge < -0.3 is 4.74 Å². The van der Waals surface area contributed by atoms with Gasteiger partial charge in [-0.1, -0.05) is 50.5 Å². The molecular weight excluding hydrogens is 327 g/mol. The zero-order valence-corrected chi connectivity index (χ0v) is 14.4. The molecule has 0 bridgehead atoms. The average Bonchev–Trinajstić information content (AvgIpc) is 2.55. The Balaban J connectivity index is 2.14. The number of alkyl halides is 3. The van der Waals surface area contributed by atoms with E-state index < -0.39 is 11.7 Å². The summed E-state index contributed by atoms with van der Waals surface area (Å²) in [5.41, 5.74) is 1.61. The van der Waals surface area contributed by atoms with Crippen LogP contribution < -0.4 is 4.74 Å². The highest BCUT2D eigenvalue weighted by Gasteiger charge is 2.30. The maximum Gasteiger partial charge on any atom is 0.417 e. The van der Waals surface area contributed by atoms with Gasteiger partial charge in [0, 0.05) is 12.3 Å². The van der Waals surface area contributed by atoms with E-state index in [1.807, 2.05) is 18.2 Å². The molecule has 0 fully saturated rings. The van der Waals surface area contributed by atoms with Gasteiger partial charge in [0.2, 0.25) is 5.88 Å². The number of allylic oxidation sites excluding steroid dienone is 1. The van der Waals surface area contributed by atoms with E-state index in [4.69, 9.17) is 4.74 Å². The second-order valence-electron chi connectivity index (χ2n) is 5.86. The first-order chi connectivity index (χ1) is 11.9. The van der Waals surface area contributed by atoms with Crippen molar-refractivity contribution in [2.75, 3.05) is 0 Å². The zero-order valence-electron chi connectivity index (χ0n) is 14.4. The minimum absolute atomic E-state index is 0.136. The molecule has 5 heteroatoms. The quantitative estimate of drug-likeness (QED) is 0.544. The number of halogens is 3. The van der Waals surface area contributed by atoms with Gasteiger partial charge in [0.1, 0.15) is 5.75 Å². The van der Waals surface area contributed by atoms with Crippen LogP contribution in [0.3, 0.4) is 0 Å². The summed E-state index contributed by atoms with van der Waals surface area (Å²) < 4.78 is 43.3. The first-order valence-electron chi connectivity index (χ1n) is 8.43. The van der Waals surface area contributed by atoms with Crippen LogP contribution in [0, 0.1) is 0 Å². The third kappa shape index (κ3) is 5.93. The Morgan fingerprint density at radius 3 is 2.36 bits per heavy atom. The third-order valence-corrected chi connectivity index (χ3v) is 3.66. The van der Waals surface area contributed by atoms with E-state index in [1.54, 1.807) is 6.07 Å². The molecule has 1 aromatic heterocycles. The molecule has 25 heavy (non-hydrogen) atoms. The number of rotatable bonds is 7. The Labute approximate surface area is 146 Å². The molecule has 2 rings (SSSR count). The minimum Gasteiger partial charge on any atom is -0.439 e. The number of hydrogen-bond donors (Lipinski definition) is 0. The number of nitrogens with zero attached hydrogens (tertiary/aromatic N) is 1. The van der Waals surface area contributed by atoms with Crippen LogP contribution in [0.4, 0.5) is 13.2 Å². The van der Waals surface area contributed by atoms with Crippen molar-refractivity contribution in [3.8, 4) is 11.6 Å². The first kappa shape index (κ1) is 19.0. The molecule has 0 aliphatic heterocycles. The second-order valence-corrected chi connectivity index (χ2v) is 5.86. The maximum absolute atomic E-state index is 12.6. The van der Waals surface area contributed by atoms with Crippen molar-refractivity contribution in [3.05, 3.63) is 59.3 Å². The third-order valence-electron chi connectivity index (χ3n) is 3.66. The molecule has 0 spiro atoms. The molecule has 0 radical (unpaired) electrons. The zero-order chi connectivity index (χ0) is 18.3. The van der Waals surface area contributed by atoms with Crippen LogP contribution in [-0.4, -0.2) is 4.98 Å². The van der Waals surface area contributed by atoms with Crippen molar-refractivity contribution >= 4 is 6.08 Å². The standard InChI is InChI=1S/C20H22F3NO/c1-3-6-15(7-4-2)12-16-8-5-9-18(13-16)25-19-11-10-17(14-24-19)20(21,22)23/h5,8-14H,3-4,6-7H2,1-2H3. The average molecular weight is 349 g/mol. The highest BCUT2D eigenvalue weighted by Crippen LogP contribution is 2.30. The van der Waals surface area contributed by atoms with E-state index >= 15 is 0 Å². The van der Waals surface area contributed by atoms with Gasteiger partial charge in [-0.2, -0.15) is 13.2 Å². The first-order valence-corrected chi connectivity index (χ1v) is 8.43. The topological polar surface area (TPSA) is 22.1 Å². The molecule has 2 aromatic rings. The van der Waals surface area contributed by atoms with Gasteiger partial charge in [0.25, 0.3) is 0 Å². The molecule has 0 aliphatic rings. The molecule has 1 heterocycles. The molecule has 2 nitrogen and oxygen atoms in total. The lowest BCUT2D eigenvalue weighted by Gasteiger charge is -2.09. The molecule has 0 aliphatic carbocycles. The maximum atomic E-state index is 12.6. The Morgan fingerprint density at radius 2 is 1.80 bits per heavy atom. The van der Waals surface area contributed by atoms with Crippen LogP contribution in [0.15, 0.2) is 48.2 Å². The van der Waals surface area contributed by atoms with Gasteiger partial charge >= 0.3 is 6.18 Å².